The average Bonchev–Trinajstić information content (AvgIpc) is 3.13. The molecule has 0 saturated carbocycles. The van der Waals surface area contributed by atoms with Crippen molar-refractivity contribution in [3.05, 3.63) is 79.3 Å². The molecule has 0 spiro atoms. The fourth-order valence-corrected chi connectivity index (χ4v) is 4.05. The van der Waals surface area contributed by atoms with Gasteiger partial charge in [-0.25, -0.2) is 9.82 Å². The van der Waals surface area contributed by atoms with Crippen LogP contribution in [0.3, 0.4) is 0 Å². The zero-order chi connectivity index (χ0) is 26.4. The number of aryl methyl sites for hydroxylation is 1. The van der Waals surface area contributed by atoms with Crippen LogP contribution in [-0.2, 0) is 11.4 Å². The summed E-state index contributed by atoms with van der Waals surface area (Å²) < 4.78 is 26.6. The zero-order valence-corrected chi connectivity index (χ0v) is 21.7. The Kier molecular flexibility index (Phi) is 8.75. The topological polar surface area (TPSA) is 121 Å². The van der Waals surface area contributed by atoms with Gasteiger partial charge in [-0.1, -0.05) is 12.1 Å². The van der Waals surface area contributed by atoms with Crippen molar-refractivity contribution in [1.82, 2.24) is 15.2 Å². The molecule has 0 bridgehead atoms. The lowest BCUT2D eigenvalue weighted by Crippen LogP contribution is -2.28. The van der Waals surface area contributed by atoms with E-state index in [1.807, 2.05) is 6.92 Å². The summed E-state index contributed by atoms with van der Waals surface area (Å²) in [5.74, 6) is 0.124. The number of halogens is 2. The Labute approximate surface area is 215 Å². The summed E-state index contributed by atoms with van der Waals surface area (Å²) in [6.45, 7) is 7.07. The molecule has 0 radical (unpaired) electrons. The number of nitrogens with one attached hydrogen (secondary N) is 1. The van der Waals surface area contributed by atoms with E-state index in [9.17, 15) is 19.3 Å². The smallest absolute Gasteiger partial charge is 0.312 e. The minimum Gasteiger partial charge on any atom is -0.490 e. The number of aromatic nitrogens is 2. The molecule has 0 fully saturated rings. The molecule has 2 aromatic carbocycles. The molecule has 0 aliphatic carbocycles. The van der Waals surface area contributed by atoms with Crippen molar-refractivity contribution in [3.63, 3.8) is 0 Å². The first-order chi connectivity index (χ1) is 17.1. The number of carbonyl (C=O) groups is 1. The maximum atomic E-state index is 13.1. The van der Waals surface area contributed by atoms with Gasteiger partial charge in [0.15, 0.2) is 11.5 Å². The van der Waals surface area contributed by atoms with E-state index in [1.165, 1.54) is 36.9 Å². The number of amides is 1. The summed E-state index contributed by atoms with van der Waals surface area (Å²) in [6.07, 6.45) is 1.44. The lowest BCUT2D eigenvalue weighted by molar-refractivity contribution is -0.386. The molecule has 0 saturated heterocycles. The molecule has 190 valence electrons. The summed E-state index contributed by atoms with van der Waals surface area (Å²) in [5.41, 5.74) is 4.24. The van der Waals surface area contributed by atoms with Gasteiger partial charge in [-0.3, -0.25) is 19.6 Å². The number of hydrogen-bond donors (Lipinski definition) is 1. The first-order valence-corrected chi connectivity index (χ1v) is 11.8. The van der Waals surface area contributed by atoms with Crippen LogP contribution >= 0.6 is 15.9 Å². The largest absolute Gasteiger partial charge is 0.490 e. The molecule has 1 unspecified atom stereocenters. The molecule has 10 nitrogen and oxygen atoms in total. The maximum Gasteiger partial charge on any atom is 0.312 e. The van der Waals surface area contributed by atoms with E-state index in [4.69, 9.17) is 9.47 Å². The Balaban J connectivity index is 1.71. The molecule has 1 N–H and O–H groups in total. The van der Waals surface area contributed by atoms with Gasteiger partial charge in [0.25, 0.3) is 5.91 Å². The molecular weight excluding hydrogens is 537 g/mol. The average molecular weight is 562 g/mol. The number of hydrogen-bond acceptors (Lipinski definition) is 7. The molecule has 12 heteroatoms. The van der Waals surface area contributed by atoms with Crippen LogP contribution in [0.4, 0.5) is 10.1 Å². The van der Waals surface area contributed by atoms with Gasteiger partial charge in [0.1, 0.15) is 29.9 Å². The Morgan fingerprint density at radius 3 is 2.61 bits per heavy atom. The molecule has 3 rings (SSSR count). The standard InChI is InChI=1S/C24H25BrFN5O5/c1-5-35-21-11-18(10-20(25)23(21)36-13-17-6-8-19(26)9-7-17)12-27-28-24(32)16(4)30-15(3)22(31(33)34)14(2)29-30/h6-12,16H,5,13H2,1-4H3,(H,28,32)/b27-12+. The van der Waals surface area contributed by atoms with Gasteiger partial charge in [0, 0.05) is 0 Å². The highest BCUT2D eigenvalue weighted by molar-refractivity contribution is 9.10. The third-order valence-electron chi connectivity index (χ3n) is 5.23. The first-order valence-electron chi connectivity index (χ1n) is 11.0. The summed E-state index contributed by atoms with van der Waals surface area (Å²) in [5, 5.41) is 19.3. The molecule has 0 aliphatic rings. The van der Waals surface area contributed by atoms with Gasteiger partial charge in [-0.15, -0.1) is 0 Å². The van der Waals surface area contributed by atoms with Crippen LogP contribution in [0.15, 0.2) is 46.0 Å². The molecule has 36 heavy (non-hydrogen) atoms. The monoisotopic (exact) mass is 561 g/mol. The minimum atomic E-state index is -0.817. The molecular formula is C24H25BrFN5O5. The maximum absolute atomic E-state index is 13.1. The van der Waals surface area contributed by atoms with E-state index in [0.717, 1.165) is 5.56 Å². The Morgan fingerprint density at radius 2 is 2.00 bits per heavy atom. The van der Waals surface area contributed by atoms with Crippen LogP contribution in [0.1, 0.15) is 42.4 Å². The fraction of sp³-hybridized carbons (Fsp3) is 0.292. The van der Waals surface area contributed by atoms with E-state index < -0.39 is 16.9 Å². The Morgan fingerprint density at radius 1 is 1.31 bits per heavy atom. The Hall–Kier alpha value is -3.80. The van der Waals surface area contributed by atoms with Crippen molar-refractivity contribution in [2.24, 2.45) is 5.10 Å². The third kappa shape index (κ3) is 6.25. The van der Waals surface area contributed by atoms with E-state index in [-0.39, 0.29) is 29.5 Å². The quantitative estimate of drug-likeness (QED) is 0.211. The number of rotatable bonds is 10. The fourth-order valence-electron chi connectivity index (χ4n) is 3.47. The second-order valence-corrected chi connectivity index (χ2v) is 8.66. The van der Waals surface area contributed by atoms with Crippen LogP contribution in [0.25, 0.3) is 0 Å². The summed E-state index contributed by atoms with van der Waals surface area (Å²) in [6, 6.07) is 8.63. The van der Waals surface area contributed by atoms with Crippen LogP contribution in [0.2, 0.25) is 0 Å². The van der Waals surface area contributed by atoms with E-state index >= 15 is 0 Å². The number of nitro groups is 1. The van der Waals surface area contributed by atoms with Gasteiger partial charge in [-0.2, -0.15) is 10.2 Å². The Bertz CT molecular complexity index is 1290. The molecule has 1 amide bonds. The highest BCUT2D eigenvalue weighted by Crippen LogP contribution is 2.37. The van der Waals surface area contributed by atoms with E-state index in [2.05, 4.69) is 31.6 Å². The van der Waals surface area contributed by atoms with E-state index in [1.54, 1.807) is 31.2 Å². The van der Waals surface area contributed by atoms with Gasteiger partial charge in [0.05, 0.1) is 22.2 Å². The predicted octanol–water partition coefficient (Wildman–Crippen LogP) is 5.00. The SMILES string of the molecule is CCOc1cc(/C=N/NC(=O)C(C)n2nc(C)c([N+](=O)[O-])c2C)cc(Br)c1OCc1ccc(F)cc1. The van der Waals surface area contributed by atoms with Crippen molar-refractivity contribution < 1.29 is 23.6 Å². The highest BCUT2D eigenvalue weighted by Gasteiger charge is 2.27. The number of carbonyl (C=O) groups excluding carboxylic acids is 1. The van der Waals surface area contributed by atoms with Crippen molar-refractivity contribution >= 4 is 33.7 Å². The summed E-state index contributed by atoms with van der Waals surface area (Å²) in [7, 11) is 0. The van der Waals surface area contributed by atoms with Crippen molar-refractivity contribution in [3.8, 4) is 11.5 Å². The summed E-state index contributed by atoms with van der Waals surface area (Å²) in [4.78, 5) is 23.3. The molecule has 1 atom stereocenters. The third-order valence-corrected chi connectivity index (χ3v) is 5.82. The lowest BCUT2D eigenvalue weighted by Gasteiger charge is -2.15. The van der Waals surface area contributed by atoms with Crippen LogP contribution in [0, 0.1) is 29.8 Å². The van der Waals surface area contributed by atoms with Gasteiger partial charge in [0.2, 0.25) is 0 Å². The summed E-state index contributed by atoms with van der Waals surface area (Å²) >= 11 is 3.48. The second-order valence-electron chi connectivity index (χ2n) is 7.81. The predicted molar refractivity (Wildman–Crippen MR) is 135 cm³/mol. The second kappa shape index (κ2) is 11.8. The van der Waals surface area contributed by atoms with Crippen molar-refractivity contribution in [1.29, 1.82) is 0 Å². The van der Waals surface area contributed by atoms with Crippen LogP contribution < -0.4 is 14.9 Å². The molecule has 1 heterocycles. The van der Waals surface area contributed by atoms with Crippen molar-refractivity contribution in [2.45, 2.75) is 40.3 Å². The highest BCUT2D eigenvalue weighted by atomic mass is 79.9. The number of nitrogens with zero attached hydrogens (tertiary/aromatic N) is 4. The number of benzene rings is 2. The van der Waals surface area contributed by atoms with E-state index in [0.29, 0.717) is 28.1 Å². The van der Waals surface area contributed by atoms with Crippen LogP contribution in [0.5, 0.6) is 11.5 Å². The minimum absolute atomic E-state index is 0.117. The number of hydrazone groups is 1. The van der Waals surface area contributed by atoms with Gasteiger partial charge >= 0.3 is 5.69 Å². The normalized spacial score (nSPS) is 11.9. The zero-order valence-electron chi connectivity index (χ0n) is 20.1. The van der Waals surface area contributed by atoms with Gasteiger partial charge in [-0.05, 0) is 79.0 Å². The van der Waals surface area contributed by atoms with Crippen molar-refractivity contribution in [2.75, 3.05) is 6.61 Å². The number of ether oxygens (including phenoxy) is 2. The molecule has 3 aromatic rings. The van der Waals surface area contributed by atoms with Crippen LogP contribution in [-0.4, -0.2) is 33.4 Å². The first kappa shape index (κ1) is 26.8. The lowest BCUT2D eigenvalue weighted by atomic mass is 10.2. The van der Waals surface area contributed by atoms with Gasteiger partial charge < -0.3 is 9.47 Å². The molecule has 0 aliphatic heterocycles. The molecule has 1 aromatic heterocycles.